The zero-order valence-electron chi connectivity index (χ0n) is 13.7. The Morgan fingerprint density at radius 3 is 3.00 bits per heavy atom. The van der Waals surface area contributed by atoms with E-state index in [1.165, 1.54) is 11.3 Å². The maximum atomic E-state index is 12.8. The number of hydrogen-bond acceptors (Lipinski definition) is 4. The van der Waals surface area contributed by atoms with Crippen LogP contribution in [0.1, 0.15) is 36.6 Å². The van der Waals surface area contributed by atoms with E-state index in [2.05, 4.69) is 23.2 Å². The highest BCUT2D eigenvalue weighted by molar-refractivity contribution is 5.29. The van der Waals surface area contributed by atoms with Crippen molar-refractivity contribution in [1.82, 2.24) is 14.8 Å². The third kappa shape index (κ3) is 3.12. The second kappa shape index (κ2) is 6.94. The number of nitrogens with zero attached hydrogens (tertiary/aromatic N) is 2. The maximum absolute atomic E-state index is 12.8. The number of nitrogens with one attached hydrogen (secondary N) is 1. The SMILES string of the molecule is CCN1CCc2c(cc(CNC)c(=O)n2CC2CCCO2)C1. The molecule has 1 fully saturated rings. The summed E-state index contributed by atoms with van der Waals surface area (Å²) in [5.74, 6) is 0. The van der Waals surface area contributed by atoms with Crippen LogP contribution in [0.4, 0.5) is 0 Å². The van der Waals surface area contributed by atoms with Gasteiger partial charge in [0.25, 0.3) is 5.56 Å². The number of hydrogen-bond donors (Lipinski definition) is 1. The van der Waals surface area contributed by atoms with Crippen LogP contribution in [0.3, 0.4) is 0 Å². The molecule has 5 heteroatoms. The van der Waals surface area contributed by atoms with Crippen LogP contribution in [-0.2, 0) is 30.8 Å². The minimum Gasteiger partial charge on any atom is -0.376 e. The third-order valence-electron chi connectivity index (χ3n) is 4.85. The van der Waals surface area contributed by atoms with Gasteiger partial charge >= 0.3 is 0 Å². The zero-order chi connectivity index (χ0) is 15.5. The first-order valence-corrected chi connectivity index (χ1v) is 8.46. The van der Waals surface area contributed by atoms with Crippen LogP contribution in [0.15, 0.2) is 10.9 Å². The largest absolute Gasteiger partial charge is 0.376 e. The standard InChI is InChI=1S/C17H27N3O2/c1-3-19-7-6-16-14(11-19)9-13(10-18-2)17(21)20(16)12-15-5-4-8-22-15/h9,15,18H,3-8,10-12H2,1-2H3. The predicted octanol–water partition coefficient (Wildman–Crippen LogP) is 1.12. The van der Waals surface area contributed by atoms with Gasteiger partial charge in [-0.3, -0.25) is 9.69 Å². The second-order valence-corrected chi connectivity index (χ2v) is 6.34. The predicted molar refractivity (Wildman–Crippen MR) is 87.1 cm³/mol. The van der Waals surface area contributed by atoms with Crippen LogP contribution in [0.25, 0.3) is 0 Å². The van der Waals surface area contributed by atoms with Gasteiger partial charge < -0.3 is 14.6 Å². The van der Waals surface area contributed by atoms with Crippen molar-refractivity contribution in [2.24, 2.45) is 0 Å². The summed E-state index contributed by atoms with van der Waals surface area (Å²) < 4.78 is 7.76. The molecule has 5 nitrogen and oxygen atoms in total. The Kier molecular flexibility index (Phi) is 4.96. The van der Waals surface area contributed by atoms with Gasteiger partial charge in [0.1, 0.15) is 0 Å². The first-order chi connectivity index (χ1) is 10.7. The summed E-state index contributed by atoms with van der Waals surface area (Å²) in [5, 5.41) is 3.12. The molecule has 3 rings (SSSR count). The van der Waals surface area contributed by atoms with Crippen molar-refractivity contribution < 1.29 is 4.74 Å². The van der Waals surface area contributed by atoms with Crippen molar-refractivity contribution in [1.29, 1.82) is 0 Å². The van der Waals surface area contributed by atoms with Crippen molar-refractivity contribution in [2.75, 3.05) is 26.7 Å². The Balaban J connectivity index is 1.97. The zero-order valence-corrected chi connectivity index (χ0v) is 13.7. The van der Waals surface area contributed by atoms with Gasteiger partial charge in [0, 0.05) is 43.9 Å². The van der Waals surface area contributed by atoms with Gasteiger partial charge in [0.05, 0.1) is 12.6 Å². The summed E-state index contributed by atoms with van der Waals surface area (Å²) in [6.45, 7) is 7.43. The van der Waals surface area contributed by atoms with E-state index in [-0.39, 0.29) is 11.7 Å². The number of rotatable bonds is 5. The van der Waals surface area contributed by atoms with E-state index in [9.17, 15) is 4.79 Å². The molecule has 1 aromatic rings. The first kappa shape index (κ1) is 15.7. The average molecular weight is 305 g/mol. The van der Waals surface area contributed by atoms with Gasteiger partial charge in [0.15, 0.2) is 0 Å². The Labute approximate surface area is 132 Å². The molecule has 2 aliphatic heterocycles. The molecule has 0 saturated carbocycles. The van der Waals surface area contributed by atoms with E-state index in [1.807, 2.05) is 11.6 Å². The molecule has 1 saturated heterocycles. The van der Waals surface area contributed by atoms with Crippen LogP contribution >= 0.6 is 0 Å². The fourth-order valence-electron chi connectivity index (χ4n) is 3.61. The lowest BCUT2D eigenvalue weighted by molar-refractivity contribution is 0.0946. The Hall–Kier alpha value is -1.17. The number of ether oxygens (including phenoxy) is 1. The molecular formula is C17H27N3O2. The first-order valence-electron chi connectivity index (χ1n) is 8.46. The molecule has 22 heavy (non-hydrogen) atoms. The summed E-state index contributed by atoms with van der Waals surface area (Å²) in [4.78, 5) is 15.3. The van der Waals surface area contributed by atoms with E-state index in [1.54, 1.807) is 0 Å². The Bertz CT molecular complexity index is 576. The maximum Gasteiger partial charge on any atom is 0.255 e. The molecule has 2 aliphatic rings. The fraction of sp³-hybridized carbons (Fsp3) is 0.706. The molecule has 0 bridgehead atoms. The van der Waals surface area contributed by atoms with Gasteiger partial charge in [-0.1, -0.05) is 6.92 Å². The molecule has 0 radical (unpaired) electrons. The lowest BCUT2D eigenvalue weighted by Crippen LogP contribution is -2.39. The molecule has 0 aromatic carbocycles. The summed E-state index contributed by atoms with van der Waals surface area (Å²) in [5.41, 5.74) is 3.58. The summed E-state index contributed by atoms with van der Waals surface area (Å²) >= 11 is 0. The van der Waals surface area contributed by atoms with E-state index in [4.69, 9.17) is 4.74 Å². The van der Waals surface area contributed by atoms with Crippen molar-refractivity contribution in [3.63, 3.8) is 0 Å². The summed E-state index contributed by atoms with van der Waals surface area (Å²) in [6, 6.07) is 2.11. The van der Waals surface area contributed by atoms with Crippen molar-refractivity contribution >= 4 is 0 Å². The molecule has 0 aliphatic carbocycles. The highest BCUT2D eigenvalue weighted by atomic mass is 16.5. The van der Waals surface area contributed by atoms with Gasteiger partial charge in [0.2, 0.25) is 0 Å². The van der Waals surface area contributed by atoms with Gasteiger partial charge in [-0.25, -0.2) is 0 Å². The third-order valence-corrected chi connectivity index (χ3v) is 4.85. The summed E-state index contributed by atoms with van der Waals surface area (Å²) in [6.07, 6.45) is 3.35. The molecule has 1 aromatic heterocycles. The van der Waals surface area contributed by atoms with Gasteiger partial charge in [-0.2, -0.15) is 0 Å². The fourth-order valence-corrected chi connectivity index (χ4v) is 3.61. The highest BCUT2D eigenvalue weighted by Crippen LogP contribution is 2.21. The van der Waals surface area contributed by atoms with Crippen molar-refractivity contribution in [3.8, 4) is 0 Å². The molecule has 0 amide bonds. The number of likely N-dealkylation sites (N-methyl/N-ethyl adjacent to an activating group) is 1. The minimum atomic E-state index is 0.161. The van der Waals surface area contributed by atoms with Crippen LogP contribution in [0.5, 0.6) is 0 Å². The highest BCUT2D eigenvalue weighted by Gasteiger charge is 2.24. The quantitative estimate of drug-likeness (QED) is 0.886. The topological polar surface area (TPSA) is 46.5 Å². The van der Waals surface area contributed by atoms with E-state index in [0.717, 1.165) is 51.1 Å². The molecular weight excluding hydrogens is 278 g/mol. The molecule has 1 unspecified atom stereocenters. The normalized spacial score (nSPS) is 22.0. The monoisotopic (exact) mass is 305 g/mol. The van der Waals surface area contributed by atoms with E-state index < -0.39 is 0 Å². The molecule has 122 valence electrons. The number of fused-ring (bicyclic) bond motifs is 1. The van der Waals surface area contributed by atoms with E-state index >= 15 is 0 Å². The lowest BCUT2D eigenvalue weighted by Gasteiger charge is -2.30. The van der Waals surface area contributed by atoms with E-state index in [0.29, 0.717) is 13.1 Å². The van der Waals surface area contributed by atoms with Crippen molar-refractivity contribution in [3.05, 3.63) is 33.2 Å². The molecule has 0 spiro atoms. The molecule has 1 N–H and O–H groups in total. The number of pyridine rings is 1. The lowest BCUT2D eigenvalue weighted by atomic mass is 10.0. The second-order valence-electron chi connectivity index (χ2n) is 6.34. The van der Waals surface area contributed by atoms with Crippen LogP contribution in [0, 0.1) is 0 Å². The smallest absolute Gasteiger partial charge is 0.255 e. The van der Waals surface area contributed by atoms with Crippen molar-refractivity contribution in [2.45, 2.75) is 51.9 Å². The number of aromatic nitrogens is 1. The molecule has 3 heterocycles. The summed E-state index contributed by atoms with van der Waals surface area (Å²) in [7, 11) is 1.89. The average Bonchev–Trinajstić information content (AvgIpc) is 3.04. The van der Waals surface area contributed by atoms with Crippen LogP contribution < -0.4 is 10.9 Å². The van der Waals surface area contributed by atoms with Crippen LogP contribution in [0.2, 0.25) is 0 Å². The Morgan fingerprint density at radius 2 is 2.32 bits per heavy atom. The minimum absolute atomic E-state index is 0.161. The Morgan fingerprint density at radius 1 is 1.45 bits per heavy atom. The van der Waals surface area contributed by atoms with Crippen LogP contribution in [-0.4, -0.2) is 42.3 Å². The van der Waals surface area contributed by atoms with Gasteiger partial charge in [-0.05, 0) is 38.1 Å². The van der Waals surface area contributed by atoms with Gasteiger partial charge in [-0.15, -0.1) is 0 Å². The molecule has 1 atom stereocenters.